The number of aryl methyl sites for hydroxylation is 1. The average Bonchev–Trinajstić information content (AvgIpc) is 2.51. The van der Waals surface area contributed by atoms with Crippen LogP contribution in [-0.4, -0.2) is 23.5 Å². The molecule has 0 saturated carbocycles. The van der Waals surface area contributed by atoms with Crippen LogP contribution in [0.5, 0.6) is 0 Å². The van der Waals surface area contributed by atoms with Gasteiger partial charge in [-0.3, -0.25) is 4.79 Å². The molecule has 4 heteroatoms. The van der Waals surface area contributed by atoms with E-state index in [-0.39, 0.29) is 11.9 Å². The molecule has 0 aliphatic carbocycles. The van der Waals surface area contributed by atoms with Crippen molar-refractivity contribution in [1.82, 2.24) is 10.3 Å². The van der Waals surface area contributed by atoms with Crippen molar-refractivity contribution in [2.24, 2.45) is 5.73 Å². The van der Waals surface area contributed by atoms with Crippen molar-refractivity contribution in [3.05, 3.63) is 23.5 Å². The van der Waals surface area contributed by atoms with Gasteiger partial charge in [-0.15, -0.1) is 0 Å². The van der Waals surface area contributed by atoms with E-state index in [0.29, 0.717) is 12.1 Å². The van der Waals surface area contributed by atoms with Gasteiger partial charge in [-0.1, -0.05) is 0 Å². The maximum Gasteiger partial charge on any atom is 0.253 e. The van der Waals surface area contributed by atoms with Gasteiger partial charge in [-0.2, -0.15) is 0 Å². The molecule has 1 rings (SSSR count). The number of H-pyrrole nitrogens is 1. The largest absolute Gasteiger partial charge is 0.365 e. The van der Waals surface area contributed by atoms with Crippen LogP contribution in [0, 0.1) is 6.92 Å². The van der Waals surface area contributed by atoms with Crippen LogP contribution in [0.25, 0.3) is 0 Å². The minimum absolute atomic E-state index is 0.0156. The van der Waals surface area contributed by atoms with Crippen LogP contribution >= 0.6 is 0 Å². The SMILES string of the molecule is Cc1[nH]ccc1C(=O)N[C@@H](C)CN. The van der Waals surface area contributed by atoms with Crippen LogP contribution < -0.4 is 11.1 Å². The Morgan fingerprint density at radius 2 is 2.46 bits per heavy atom. The lowest BCUT2D eigenvalue weighted by Crippen LogP contribution is -2.37. The van der Waals surface area contributed by atoms with E-state index in [1.807, 2.05) is 13.8 Å². The van der Waals surface area contributed by atoms with Crippen molar-refractivity contribution < 1.29 is 4.79 Å². The molecule has 72 valence electrons. The fourth-order valence-corrected chi connectivity index (χ4v) is 1.06. The third-order valence-electron chi connectivity index (χ3n) is 1.93. The van der Waals surface area contributed by atoms with E-state index in [0.717, 1.165) is 5.69 Å². The Morgan fingerprint density at radius 3 is 2.92 bits per heavy atom. The first-order valence-corrected chi connectivity index (χ1v) is 4.30. The van der Waals surface area contributed by atoms with E-state index in [1.165, 1.54) is 0 Å². The summed E-state index contributed by atoms with van der Waals surface area (Å²) in [6.07, 6.45) is 1.75. The zero-order valence-electron chi connectivity index (χ0n) is 7.92. The second kappa shape index (κ2) is 4.09. The summed E-state index contributed by atoms with van der Waals surface area (Å²) < 4.78 is 0. The minimum atomic E-state index is -0.0725. The smallest absolute Gasteiger partial charge is 0.253 e. The summed E-state index contributed by atoms with van der Waals surface area (Å²) in [6, 6.07) is 1.77. The van der Waals surface area contributed by atoms with Crippen molar-refractivity contribution in [2.45, 2.75) is 19.9 Å². The number of carbonyl (C=O) groups is 1. The lowest BCUT2D eigenvalue weighted by atomic mass is 10.2. The van der Waals surface area contributed by atoms with Gasteiger partial charge in [0.25, 0.3) is 5.91 Å². The normalized spacial score (nSPS) is 12.5. The summed E-state index contributed by atoms with van der Waals surface area (Å²) in [5.41, 5.74) is 6.95. The number of aromatic nitrogens is 1. The predicted molar refractivity (Wildman–Crippen MR) is 51.5 cm³/mol. The van der Waals surface area contributed by atoms with Gasteiger partial charge in [0.1, 0.15) is 0 Å². The molecule has 1 heterocycles. The van der Waals surface area contributed by atoms with Gasteiger partial charge in [-0.25, -0.2) is 0 Å². The first kappa shape index (κ1) is 9.80. The average molecular weight is 181 g/mol. The van der Waals surface area contributed by atoms with E-state index in [9.17, 15) is 4.79 Å². The van der Waals surface area contributed by atoms with Crippen LogP contribution in [0.3, 0.4) is 0 Å². The number of hydrogen-bond acceptors (Lipinski definition) is 2. The number of rotatable bonds is 3. The summed E-state index contributed by atoms with van der Waals surface area (Å²) in [7, 11) is 0. The number of nitrogens with two attached hydrogens (primary N) is 1. The Kier molecular flexibility index (Phi) is 3.08. The van der Waals surface area contributed by atoms with Gasteiger partial charge in [-0.05, 0) is 19.9 Å². The molecule has 0 aromatic carbocycles. The highest BCUT2D eigenvalue weighted by atomic mass is 16.1. The highest BCUT2D eigenvalue weighted by Crippen LogP contribution is 2.04. The van der Waals surface area contributed by atoms with E-state index in [1.54, 1.807) is 12.3 Å². The topological polar surface area (TPSA) is 70.9 Å². The van der Waals surface area contributed by atoms with E-state index >= 15 is 0 Å². The minimum Gasteiger partial charge on any atom is -0.365 e. The molecular formula is C9H15N3O. The monoisotopic (exact) mass is 181 g/mol. The molecule has 0 bridgehead atoms. The van der Waals surface area contributed by atoms with Crippen LogP contribution in [0.4, 0.5) is 0 Å². The number of aromatic amines is 1. The van der Waals surface area contributed by atoms with Gasteiger partial charge in [0.2, 0.25) is 0 Å². The molecule has 13 heavy (non-hydrogen) atoms. The van der Waals surface area contributed by atoms with Crippen LogP contribution in [-0.2, 0) is 0 Å². The van der Waals surface area contributed by atoms with Crippen LogP contribution in [0.1, 0.15) is 23.0 Å². The maximum atomic E-state index is 11.5. The standard InChI is InChI=1S/C9H15N3O/c1-6(5-10)12-9(13)8-3-4-11-7(8)2/h3-4,6,11H,5,10H2,1-2H3,(H,12,13)/t6-/m0/s1. The third-order valence-corrected chi connectivity index (χ3v) is 1.93. The quantitative estimate of drug-likeness (QED) is 0.631. The Morgan fingerprint density at radius 1 is 1.77 bits per heavy atom. The highest BCUT2D eigenvalue weighted by molar-refractivity contribution is 5.95. The van der Waals surface area contributed by atoms with Gasteiger partial charge in [0, 0.05) is 24.5 Å². The van der Waals surface area contributed by atoms with Gasteiger partial charge < -0.3 is 16.0 Å². The Hall–Kier alpha value is -1.29. The van der Waals surface area contributed by atoms with Gasteiger partial charge in [0.05, 0.1) is 5.56 Å². The molecule has 0 unspecified atom stereocenters. The highest BCUT2D eigenvalue weighted by Gasteiger charge is 2.10. The molecule has 4 nitrogen and oxygen atoms in total. The van der Waals surface area contributed by atoms with E-state index in [2.05, 4.69) is 10.3 Å². The molecule has 1 amide bonds. The molecule has 1 atom stereocenters. The summed E-state index contributed by atoms with van der Waals surface area (Å²) in [6.45, 7) is 4.19. The molecule has 4 N–H and O–H groups in total. The zero-order valence-corrected chi connectivity index (χ0v) is 7.92. The Bertz CT molecular complexity index is 293. The van der Waals surface area contributed by atoms with Crippen molar-refractivity contribution in [3.8, 4) is 0 Å². The second-order valence-corrected chi connectivity index (χ2v) is 3.13. The van der Waals surface area contributed by atoms with Crippen molar-refractivity contribution in [3.63, 3.8) is 0 Å². The first-order valence-electron chi connectivity index (χ1n) is 4.30. The van der Waals surface area contributed by atoms with E-state index in [4.69, 9.17) is 5.73 Å². The molecule has 0 aliphatic rings. The lowest BCUT2D eigenvalue weighted by Gasteiger charge is -2.10. The molecule has 0 saturated heterocycles. The molecule has 1 aromatic heterocycles. The summed E-state index contributed by atoms with van der Waals surface area (Å²) >= 11 is 0. The molecule has 0 aliphatic heterocycles. The molecule has 0 spiro atoms. The first-order chi connectivity index (χ1) is 6.15. The van der Waals surface area contributed by atoms with E-state index < -0.39 is 0 Å². The van der Waals surface area contributed by atoms with Gasteiger partial charge in [0.15, 0.2) is 0 Å². The van der Waals surface area contributed by atoms with Gasteiger partial charge >= 0.3 is 0 Å². The van der Waals surface area contributed by atoms with Crippen LogP contribution in [0.2, 0.25) is 0 Å². The number of nitrogens with one attached hydrogen (secondary N) is 2. The third kappa shape index (κ3) is 2.32. The Balaban J connectivity index is 2.64. The number of amides is 1. The fraction of sp³-hybridized carbons (Fsp3) is 0.444. The van der Waals surface area contributed by atoms with Crippen molar-refractivity contribution in [2.75, 3.05) is 6.54 Å². The van der Waals surface area contributed by atoms with Crippen molar-refractivity contribution in [1.29, 1.82) is 0 Å². The second-order valence-electron chi connectivity index (χ2n) is 3.13. The lowest BCUT2D eigenvalue weighted by molar-refractivity contribution is 0.0941. The Labute approximate surface area is 77.5 Å². The predicted octanol–water partition coefficient (Wildman–Crippen LogP) is 0.400. The molecular weight excluding hydrogens is 166 g/mol. The van der Waals surface area contributed by atoms with Crippen molar-refractivity contribution >= 4 is 5.91 Å². The summed E-state index contributed by atoms with van der Waals surface area (Å²) in [5.74, 6) is -0.0725. The molecule has 0 radical (unpaired) electrons. The molecule has 1 aromatic rings. The summed E-state index contributed by atoms with van der Waals surface area (Å²) in [5, 5.41) is 2.79. The fourth-order valence-electron chi connectivity index (χ4n) is 1.06. The number of hydrogen-bond donors (Lipinski definition) is 3. The van der Waals surface area contributed by atoms with Crippen LogP contribution in [0.15, 0.2) is 12.3 Å². The number of carbonyl (C=O) groups excluding carboxylic acids is 1. The summed E-state index contributed by atoms with van der Waals surface area (Å²) in [4.78, 5) is 14.5. The zero-order chi connectivity index (χ0) is 9.84. The molecule has 0 fully saturated rings. The maximum absolute atomic E-state index is 11.5.